The third-order valence-corrected chi connectivity index (χ3v) is 3.22. The molecule has 0 aliphatic rings. The fourth-order valence-corrected chi connectivity index (χ4v) is 2.38. The standard InChI is InChI=1S/C15H16Cl2N2/c1-19(2)15-5-3-4-14(9-15)18-10-11-6-12(16)8-13(17)7-11/h3-9,18H,10H2,1-2H3. The molecule has 100 valence electrons. The molecule has 4 heteroatoms. The molecular formula is C15H16Cl2N2. The number of halogens is 2. The lowest BCUT2D eigenvalue weighted by Crippen LogP contribution is -2.09. The molecule has 0 bridgehead atoms. The Kier molecular flexibility index (Phi) is 4.56. The molecule has 0 aromatic heterocycles. The second-order valence-electron chi connectivity index (χ2n) is 4.58. The molecule has 0 aliphatic heterocycles. The van der Waals surface area contributed by atoms with Gasteiger partial charge in [0.1, 0.15) is 0 Å². The predicted molar refractivity (Wildman–Crippen MR) is 84.6 cm³/mol. The maximum absolute atomic E-state index is 5.98. The number of anilines is 2. The van der Waals surface area contributed by atoms with E-state index in [9.17, 15) is 0 Å². The Morgan fingerprint density at radius 2 is 1.68 bits per heavy atom. The number of rotatable bonds is 4. The highest BCUT2D eigenvalue weighted by Gasteiger charge is 2.00. The molecule has 2 rings (SSSR count). The van der Waals surface area contributed by atoms with Crippen molar-refractivity contribution in [1.82, 2.24) is 0 Å². The number of benzene rings is 2. The number of nitrogens with one attached hydrogen (secondary N) is 1. The molecule has 0 unspecified atom stereocenters. The van der Waals surface area contributed by atoms with Gasteiger partial charge in [0.2, 0.25) is 0 Å². The van der Waals surface area contributed by atoms with Crippen molar-refractivity contribution in [3.05, 3.63) is 58.1 Å². The van der Waals surface area contributed by atoms with E-state index in [1.165, 1.54) is 0 Å². The fourth-order valence-electron chi connectivity index (χ4n) is 1.81. The zero-order valence-electron chi connectivity index (χ0n) is 11.0. The summed E-state index contributed by atoms with van der Waals surface area (Å²) in [6, 6.07) is 13.8. The van der Waals surface area contributed by atoms with Crippen LogP contribution in [0, 0.1) is 0 Å². The Balaban J connectivity index is 2.07. The van der Waals surface area contributed by atoms with Crippen molar-refractivity contribution in [2.45, 2.75) is 6.54 Å². The van der Waals surface area contributed by atoms with E-state index >= 15 is 0 Å². The van der Waals surface area contributed by atoms with Crippen LogP contribution in [0.15, 0.2) is 42.5 Å². The molecule has 0 radical (unpaired) electrons. The van der Waals surface area contributed by atoms with Gasteiger partial charge in [-0.3, -0.25) is 0 Å². The molecule has 2 aromatic carbocycles. The second kappa shape index (κ2) is 6.18. The third kappa shape index (κ3) is 4.05. The van der Waals surface area contributed by atoms with Gasteiger partial charge in [-0.15, -0.1) is 0 Å². The van der Waals surface area contributed by atoms with Gasteiger partial charge < -0.3 is 10.2 Å². The number of nitrogens with zero attached hydrogens (tertiary/aromatic N) is 1. The van der Waals surface area contributed by atoms with Crippen LogP contribution in [0.4, 0.5) is 11.4 Å². The summed E-state index contributed by atoms with van der Waals surface area (Å²) in [4.78, 5) is 2.07. The van der Waals surface area contributed by atoms with Crippen molar-refractivity contribution < 1.29 is 0 Å². The van der Waals surface area contributed by atoms with Gasteiger partial charge >= 0.3 is 0 Å². The molecule has 19 heavy (non-hydrogen) atoms. The summed E-state index contributed by atoms with van der Waals surface area (Å²) < 4.78 is 0. The lowest BCUT2D eigenvalue weighted by molar-refractivity contribution is 1.12. The zero-order valence-corrected chi connectivity index (χ0v) is 12.5. The van der Waals surface area contributed by atoms with Crippen LogP contribution in [0.5, 0.6) is 0 Å². The Morgan fingerprint density at radius 3 is 2.32 bits per heavy atom. The summed E-state index contributed by atoms with van der Waals surface area (Å²) in [6.07, 6.45) is 0. The van der Waals surface area contributed by atoms with Crippen LogP contribution >= 0.6 is 23.2 Å². The van der Waals surface area contributed by atoms with Crippen LogP contribution in [0.25, 0.3) is 0 Å². The van der Waals surface area contributed by atoms with Gasteiger partial charge in [-0.05, 0) is 42.0 Å². The van der Waals surface area contributed by atoms with E-state index in [1.54, 1.807) is 6.07 Å². The summed E-state index contributed by atoms with van der Waals surface area (Å²) in [6.45, 7) is 0.692. The van der Waals surface area contributed by atoms with Gasteiger partial charge in [0.25, 0.3) is 0 Å². The molecule has 0 heterocycles. The molecule has 0 saturated carbocycles. The quantitative estimate of drug-likeness (QED) is 0.881. The van der Waals surface area contributed by atoms with E-state index in [0.29, 0.717) is 16.6 Å². The maximum atomic E-state index is 5.98. The van der Waals surface area contributed by atoms with Crippen molar-refractivity contribution in [3.8, 4) is 0 Å². The van der Waals surface area contributed by atoms with Crippen LogP contribution in [0.2, 0.25) is 10.0 Å². The summed E-state index contributed by atoms with van der Waals surface area (Å²) in [5.41, 5.74) is 3.30. The Hall–Kier alpha value is -1.38. The van der Waals surface area contributed by atoms with Gasteiger partial charge in [-0.2, -0.15) is 0 Å². The number of hydrogen-bond acceptors (Lipinski definition) is 2. The van der Waals surface area contributed by atoms with Crippen LogP contribution in [0.1, 0.15) is 5.56 Å². The van der Waals surface area contributed by atoms with E-state index < -0.39 is 0 Å². The highest BCUT2D eigenvalue weighted by molar-refractivity contribution is 6.34. The van der Waals surface area contributed by atoms with Gasteiger partial charge in [-0.1, -0.05) is 29.3 Å². The minimum atomic E-state index is 0.659. The van der Waals surface area contributed by atoms with Crippen LogP contribution < -0.4 is 10.2 Å². The second-order valence-corrected chi connectivity index (χ2v) is 5.45. The first kappa shape index (κ1) is 14.0. The Labute approximate surface area is 123 Å². The number of hydrogen-bond donors (Lipinski definition) is 1. The largest absolute Gasteiger partial charge is 0.381 e. The van der Waals surface area contributed by atoms with Crippen molar-refractivity contribution in [2.75, 3.05) is 24.3 Å². The lowest BCUT2D eigenvalue weighted by atomic mass is 10.2. The van der Waals surface area contributed by atoms with E-state index in [-0.39, 0.29) is 0 Å². The van der Waals surface area contributed by atoms with Gasteiger partial charge in [0.05, 0.1) is 0 Å². The van der Waals surface area contributed by atoms with Crippen molar-refractivity contribution in [2.24, 2.45) is 0 Å². The molecule has 0 fully saturated rings. The SMILES string of the molecule is CN(C)c1cccc(NCc2cc(Cl)cc(Cl)c2)c1. The fraction of sp³-hybridized carbons (Fsp3) is 0.200. The molecule has 2 nitrogen and oxygen atoms in total. The van der Waals surface area contributed by atoms with Gasteiger partial charge in [-0.25, -0.2) is 0 Å². The van der Waals surface area contributed by atoms with Crippen molar-refractivity contribution >= 4 is 34.6 Å². The lowest BCUT2D eigenvalue weighted by Gasteiger charge is -2.14. The summed E-state index contributed by atoms with van der Waals surface area (Å²) in [5.74, 6) is 0. The predicted octanol–water partition coefficient (Wildman–Crippen LogP) is 4.67. The molecular weight excluding hydrogens is 279 g/mol. The minimum Gasteiger partial charge on any atom is -0.381 e. The van der Waals surface area contributed by atoms with Gasteiger partial charge in [0.15, 0.2) is 0 Å². The highest BCUT2D eigenvalue weighted by Crippen LogP contribution is 2.21. The molecule has 0 amide bonds. The molecule has 0 aliphatic carbocycles. The van der Waals surface area contributed by atoms with E-state index in [1.807, 2.05) is 38.4 Å². The zero-order chi connectivity index (χ0) is 13.8. The first-order chi connectivity index (χ1) is 9.04. The maximum Gasteiger partial charge on any atom is 0.0424 e. The molecule has 0 spiro atoms. The average molecular weight is 295 g/mol. The first-order valence-corrected chi connectivity index (χ1v) is 6.76. The van der Waals surface area contributed by atoms with Crippen LogP contribution in [-0.2, 0) is 6.54 Å². The minimum absolute atomic E-state index is 0.659. The third-order valence-electron chi connectivity index (χ3n) is 2.78. The smallest absolute Gasteiger partial charge is 0.0424 e. The molecule has 0 saturated heterocycles. The molecule has 2 aromatic rings. The Morgan fingerprint density at radius 1 is 1.00 bits per heavy atom. The highest BCUT2D eigenvalue weighted by atomic mass is 35.5. The van der Waals surface area contributed by atoms with Crippen molar-refractivity contribution in [1.29, 1.82) is 0 Å². The monoisotopic (exact) mass is 294 g/mol. The van der Waals surface area contributed by atoms with Crippen LogP contribution in [-0.4, -0.2) is 14.1 Å². The Bertz CT molecular complexity index is 548. The molecule has 1 N–H and O–H groups in total. The first-order valence-electron chi connectivity index (χ1n) is 6.01. The van der Waals surface area contributed by atoms with E-state index in [2.05, 4.69) is 22.3 Å². The van der Waals surface area contributed by atoms with Crippen LogP contribution in [0.3, 0.4) is 0 Å². The van der Waals surface area contributed by atoms with Gasteiger partial charge in [0, 0.05) is 42.1 Å². The average Bonchev–Trinajstić information content (AvgIpc) is 2.35. The van der Waals surface area contributed by atoms with E-state index in [0.717, 1.165) is 16.9 Å². The summed E-state index contributed by atoms with van der Waals surface area (Å²) in [5, 5.41) is 4.68. The summed E-state index contributed by atoms with van der Waals surface area (Å²) >= 11 is 12.0. The summed E-state index contributed by atoms with van der Waals surface area (Å²) in [7, 11) is 4.05. The normalized spacial score (nSPS) is 10.3. The molecule has 0 atom stereocenters. The van der Waals surface area contributed by atoms with Crippen molar-refractivity contribution in [3.63, 3.8) is 0 Å². The van der Waals surface area contributed by atoms with E-state index in [4.69, 9.17) is 23.2 Å². The topological polar surface area (TPSA) is 15.3 Å².